The summed E-state index contributed by atoms with van der Waals surface area (Å²) in [5.74, 6) is 0. The van der Waals surface area contributed by atoms with E-state index < -0.39 is 44.9 Å². The molecular formula is C12H15Na2O8P. The minimum atomic E-state index is -5.22. The quantitative estimate of drug-likeness (QED) is 0.353. The molecule has 11 heteroatoms. The van der Waals surface area contributed by atoms with E-state index >= 15 is 0 Å². The van der Waals surface area contributed by atoms with Crippen LogP contribution >= 0.6 is 7.82 Å². The molecule has 0 amide bonds. The summed E-state index contributed by atoms with van der Waals surface area (Å²) in [7, 11) is -5.22. The average molecular weight is 364 g/mol. The molecule has 1 aliphatic heterocycles. The predicted octanol–water partition coefficient (Wildman–Crippen LogP) is -7.94. The van der Waals surface area contributed by atoms with Gasteiger partial charge in [-0.1, -0.05) is 30.3 Å². The van der Waals surface area contributed by atoms with Crippen LogP contribution in [-0.4, -0.2) is 46.3 Å². The molecule has 1 aromatic carbocycles. The number of hydrogen-bond acceptors (Lipinski definition) is 8. The Morgan fingerprint density at radius 3 is 2.13 bits per heavy atom. The molecule has 8 nitrogen and oxygen atoms in total. The van der Waals surface area contributed by atoms with Gasteiger partial charge >= 0.3 is 59.1 Å². The van der Waals surface area contributed by atoms with Crippen LogP contribution in [-0.2, 0) is 13.8 Å². The maximum atomic E-state index is 10.5. The number of ether oxygens (including phenoxy) is 1. The van der Waals surface area contributed by atoms with Crippen molar-refractivity contribution in [2.24, 2.45) is 0 Å². The van der Waals surface area contributed by atoms with Gasteiger partial charge in [0.1, 0.15) is 30.5 Å². The first kappa shape index (κ1) is 24.2. The number of benzene rings is 1. The first-order valence-electron chi connectivity index (χ1n) is 6.21. The molecular weight excluding hydrogens is 349 g/mol. The molecule has 3 N–H and O–H groups in total. The maximum Gasteiger partial charge on any atom is 1.00 e. The molecule has 0 spiro atoms. The van der Waals surface area contributed by atoms with Crippen LogP contribution in [0.3, 0.4) is 0 Å². The van der Waals surface area contributed by atoms with E-state index in [2.05, 4.69) is 4.52 Å². The fraction of sp³-hybridized carbons (Fsp3) is 0.500. The Labute approximate surface area is 177 Å². The summed E-state index contributed by atoms with van der Waals surface area (Å²) in [5, 5.41) is 29.5. The van der Waals surface area contributed by atoms with E-state index in [0.29, 0.717) is 5.56 Å². The van der Waals surface area contributed by atoms with Crippen LogP contribution in [0.25, 0.3) is 0 Å². The van der Waals surface area contributed by atoms with Gasteiger partial charge in [0.15, 0.2) is 0 Å². The van der Waals surface area contributed by atoms with E-state index in [1.807, 2.05) is 0 Å². The standard InChI is InChI=1S/C12H17O8P.2Na/c13-9-8(6-19-21(16,17)18)20-12(11(15)10(9)14)7-4-2-1-3-5-7;;/h1-5,8-15H,6H2,(H2,16,17,18);;/q;2*+1/p-2. The van der Waals surface area contributed by atoms with Crippen molar-refractivity contribution in [3.05, 3.63) is 35.9 Å². The molecule has 5 unspecified atom stereocenters. The van der Waals surface area contributed by atoms with Crippen molar-refractivity contribution in [1.82, 2.24) is 0 Å². The monoisotopic (exact) mass is 364 g/mol. The van der Waals surface area contributed by atoms with Crippen molar-refractivity contribution in [1.29, 1.82) is 0 Å². The van der Waals surface area contributed by atoms with Gasteiger partial charge in [0, 0.05) is 0 Å². The fourth-order valence-corrected chi connectivity index (χ4v) is 2.50. The number of phosphoric ester groups is 1. The molecule has 5 atom stereocenters. The van der Waals surface area contributed by atoms with E-state index in [4.69, 9.17) is 4.74 Å². The number of aliphatic hydroxyl groups is 3. The fourth-order valence-electron chi connectivity index (χ4n) is 2.17. The predicted molar refractivity (Wildman–Crippen MR) is 65.6 cm³/mol. The van der Waals surface area contributed by atoms with E-state index in [-0.39, 0.29) is 59.1 Å². The second kappa shape index (κ2) is 10.4. The van der Waals surface area contributed by atoms with Gasteiger partial charge in [-0.15, -0.1) is 0 Å². The first-order chi connectivity index (χ1) is 9.79. The Bertz CT molecular complexity index is 513. The van der Waals surface area contributed by atoms with Crippen molar-refractivity contribution < 1.29 is 98.0 Å². The summed E-state index contributed by atoms with van der Waals surface area (Å²) < 4.78 is 19.9. The molecule has 23 heavy (non-hydrogen) atoms. The molecule has 0 aromatic heterocycles. The molecule has 1 heterocycles. The van der Waals surface area contributed by atoms with Crippen LogP contribution in [0.5, 0.6) is 0 Å². The van der Waals surface area contributed by atoms with Crippen LogP contribution in [0, 0.1) is 0 Å². The average Bonchev–Trinajstić information content (AvgIpc) is 2.44. The Morgan fingerprint density at radius 2 is 1.61 bits per heavy atom. The van der Waals surface area contributed by atoms with Gasteiger partial charge in [-0.2, -0.15) is 0 Å². The van der Waals surface area contributed by atoms with Crippen LogP contribution in [0.4, 0.5) is 0 Å². The Hall–Kier alpha value is 1.17. The van der Waals surface area contributed by atoms with Crippen molar-refractivity contribution in [3.63, 3.8) is 0 Å². The van der Waals surface area contributed by atoms with Crippen molar-refractivity contribution in [3.8, 4) is 0 Å². The molecule has 2 rings (SSSR count). The third-order valence-electron chi connectivity index (χ3n) is 3.24. The molecule has 0 saturated carbocycles. The van der Waals surface area contributed by atoms with Gasteiger partial charge in [-0.05, 0) is 5.56 Å². The topological polar surface area (TPSA) is 142 Å². The smallest absolute Gasteiger partial charge is 0.790 e. The first-order valence-corrected chi connectivity index (χ1v) is 7.67. The molecule has 118 valence electrons. The van der Waals surface area contributed by atoms with Crippen molar-refractivity contribution in [2.45, 2.75) is 30.5 Å². The molecule has 1 saturated heterocycles. The van der Waals surface area contributed by atoms with E-state index in [1.165, 1.54) is 0 Å². The summed E-state index contributed by atoms with van der Waals surface area (Å²) in [6.45, 7) is -0.738. The van der Waals surface area contributed by atoms with E-state index in [0.717, 1.165) is 0 Å². The summed E-state index contributed by atoms with van der Waals surface area (Å²) in [6, 6.07) is 8.41. The molecule has 0 bridgehead atoms. The molecule has 1 fully saturated rings. The second-order valence-electron chi connectivity index (χ2n) is 4.72. The zero-order valence-corrected chi connectivity index (χ0v) is 17.7. The van der Waals surface area contributed by atoms with Crippen molar-refractivity contribution in [2.75, 3.05) is 6.61 Å². The van der Waals surface area contributed by atoms with Crippen LogP contribution in [0.15, 0.2) is 30.3 Å². The Morgan fingerprint density at radius 1 is 1.04 bits per heavy atom. The molecule has 1 aromatic rings. The Balaban J connectivity index is 0.00000242. The molecule has 0 radical (unpaired) electrons. The second-order valence-corrected chi connectivity index (χ2v) is 5.87. The van der Waals surface area contributed by atoms with E-state index in [9.17, 15) is 29.7 Å². The van der Waals surface area contributed by atoms with Gasteiger partial charge in [0.05, 0.1) is 14.4 Å². The van der Waals surface area contributed by atoms with Crippen LogP contribution in [0.2, 0.25) is 0 Å². The van der Waals surface area contributed by atoms with Crippen molar-refractivity contribution >= 4 is 7.82 Å². The largest absolute Gasteiger partial charge is 1.00 e. The van der Waals surface area contributed by atoms with Crippen LogP contribution in [0.1, 0.15) is 11.7 Å². The number of phosphoric acid groups is 1. The van der Waals surface area contributed by atoms with Crippen LogP contribution < -0.4 is 68.9 Å². The van der Waals surface area contributed by atoms with Gasteiger partial charge in [-0.25, -0.2) is 0 Å². The van der Waals surface area contributed by atoms with Gasteiger partial charge in [0.25, 0.3) is 0 Å². The summed E-state index contributed by atoms with van der Waals surface area (Å²) in [5.41, 5.74) is 0.536. The zero-order chi connectivity index (χ0) is 15.6. The number of rotatable bonds is 4. The SMILES string of the molecule is O=P([O-])([O-])OCC1OC(c2ccccc2)C(O)C(O)C1O.[Na+].[Na+]. The molecule has 0 aliphatic carbocycles. The third kappa shape index (κ3) is 6.77. The number of aliphatic hydroxyl groups excluding tert-OH is 3. The van der Waals surface area contributed by atoms with Gasteiger partial charge < -0.3 is 38.9 Å². The Kier molecular flexibility index (Phi) is 10.9. The minimum absolute atomic E-state index is 0. The summed E-state index contributed by atoms with van der Waals surface area (Å²) in [6.07, 6.45) is -6.77. The normalized spacial score (nSPS) is 30.9. The molecule has 1 aliphatic rings. The zero-order valence-electron chi connectivity index (χ0n) is 12.8. The number of hydrogen-bond donors (Lipinski definition) is 3. The van der Waals surface area contributed by atoms with Gasteiger partial charge in [-0.3, -0.25) is 0 Å². The third-order valence-corrected chi connectivity index (χ3v) is 3.70. The van der Waals surface area contributed by atoms with E-state index in [1.54, 1.807) is 30.3 Å². The summed E-state index contributed by atoms with van der Waals surface area (Å²) >= 11 is 0. The maximum absolute atomic E-state index is 10.5. The minimum Gasteiger partial charge on any atom is -0.790 e. The summed E-state index contributed by atoms with van der Waals surface area (Å²) in [4.78, 5) is 21.0. The van der Waals surface area contributed by atoms with Gasteiger partial charge in [0.2, 0.25) is 0 Å².